The standard InChI is InChI=1S/C11H20N2O2S/c1-11(15)7-13(8-11)10(14)6-16-9-2-4-12-5-3-9/h9,12,15H,2-8H2,1H3. The van der Waals surface area contributed by atoms with Crippen molar-refractivity contribution in [2.45, 2.75) is 30.6 Å². The van der Waals surface area contributed by atoms with Crippen molar-refractivity contribution >= 4 is 17.7 Å². The Morgan fingerprint density at radius 3 is 2.69 bits per heavy atom. The third-order valence-corrected chi connectivity index (χ3v) is 4.50. The first-order valence-electron chi connectivity index (χ1n) is 5.89. The molecular formula is C11H20N2O2S. The van der Waals surface area contributed by atoms with Crippen molar-refractivity contribution in [3.63, 3.8) is 0 Å². The van der Waals surface area contributed by atoms with E-state index in [0.717, 1.165) is 25.9 Å². The molecule has 0 aromatic rings. The van der Waals surface area contributed by atoms with Crippen molar-refractivity contribution < 1.29 is 9.90 Å². The molecule has 0 unspecified atom stereocenters. The van der Waals surface area contributed by atoms with Gasteiger partial charge in [-0.15, -0.1) is 11.8 Å². The minimum Gasteiger partial charge on any atom is -0.386 e. The second-order valence-electron chi connectivity index (χ2n) is 5.01. The fraction of sp³-hybridized carbons (Fsp3) is 0.909. The third-order valence-electron chi connectivity index (χ3n) is 3.14. The van der Waals surface area contributed by atoms with Crippen LogP contribution in [0.2, 0.25) is 0 Å². The molecule has 0 aromatic heterocycles. The summed E-state index contributed by atoms with van der Waals surface area (Å²) in [6, 6.07) is 0. The van der Waals surface area contributed by atoms with Gasteiger partial charge >= 0.3 is 0 Å². The van der Waals surface area contributed by atoms with E-state index in [1.165, 1.54) is 0 Å². The molecule has 5 heteroatoms. The zero-order valence-corrected chi connectivity index (χ0v) is 10.6. The summed E-state index contributed by atoms with van der Waals surface area (Å²) in [6.07, 6.45) is 2.32. The van der Waals surface area contributed by atoms with Gasteiger partial charge in [-0.1, -0.05) is 0 Å². The van der Waals surface area contributed by atoms with Crippen LogP contribution in [0.3, 0.4) is 0 Å². The van der Waals surface area contributed by atoms with Gasteiger partial charge in [-0.2, -0.15) is 0 Å². The molecule has 2 aliphatic heterocycles. The summed E-state index contributed by atoms with van der Waals surface area (Å²) in [5, 5.41) is 13.5. The first kappa shape index (κ1) is 12.2. The van der Waals surface area contributed by atoms with Crippen LogP contribution in [-0.2, 0) is 4.79 Å². The molecule has 0 radical (unpaired) electrons. The average molecular weight is 244 g/mol. The Kier molecular flexibility index (Phi) is 3.77. The largest absolute Gasteiger partial charge is 0.386 e. The Labute approximate surface area is 101 Å². The number of thioether (sulfide) groups is 1. The molecule has 92 valence electrons. The van der Waals surface area contributed by atoms with E-state index in [1.807, 2.05) is 0 Å². The molecule has 0 saturated carbocycles. The summed E-state index contributed by atoms with van der Waals surface area (Å²) < 4.78 is 0. The summed E-state index contributed by atoms with van der Waals surface area (Å²) in [6.45, 7) is 4.92. The molecule has 0 spiro atoms. The number of carbonyl (C=O) groups excluding carboxylic acids is 1. The van der Waals surface area contributed by atoms with Gasteiger partial charge in [0.05, 0.1) is 24.4 Å². The van der Waals surface area contributed by atoms with Gasteiger partial charge in [-0.05, 0) is 32.9 Å². The van der Waals surface area contributed by atoms with E-state index in [2.05, 4.69) is 5.32 Å². The van der Waals surface area contributed by atoms with E-state index >= 15 is 0 Å². The molecule has 0 aliphatic carbocycles. The lowest BCUT2D eigenvalue weighted by molar-refractivity contribution is -0.149. The maximum atomic E-state index is 11.7. The average Bonchev–Trinajstić information content (AvgIpc) is 2.24. The lowest BCUT2D eigenvalue weighted by Crippen LogP contribution is -2.62. The number of rotatable bonds is 3. The lowest BCUT2D eigenvalue weighted by Gasteiger charge is -2.44. The summed E-state index contributed by atoms with van der Waals surface area (Å²) >= 11 is 1.77. The predicted octanol–water partition coefficient (Wildman–Crippen LogP) is 0.0648. The number of likely N-dealkylation sites (tertiary alicyclic amines) is 1. The Morgan fingerprint density at radius 1 is 1.50 bits per heavy atom. The minimum absolute atomic E-state index is 0.176. The maximum absolute atomic E-state index is 11.7. The van der Waals surface area contributed by atoms with Gasteiger partial charge in [0, 0.05) is 5.25 Å². The van der Waals surface area contributed by atoms with Gasteiger partial charge in [0.2, 0.25) is 5.91 Å². The highest BCUT2D eigenvalue weighted by atomic mass is 32.2. The van der Waals surface area contributed by atoms with Crippen LogP contribution in [0.4, 0.5) is 0 Å². The van der Waals surface area contributed by atoms with Crippen LogP contribution in [0, 0.1) is 0 Å². The monoisotopic (exact) mass is 244 g/mol. The number of carbonyl (C=O) groups is 1. The van der Waals surface area contributed by atoms with Gasteiger partial charge < -0.3 is 15.3 Å². The van der Waals surface area contributed by atoms with E-state index in [9.17, 15) is 9.90 Å². The van der Waals surface area contributed by atoms with Crippen molar-refractivity contribution in [3.05, 3.63) is 0 Å². The summed E-state index contributed by atoms with van der Waals surface area (Å²) in [7, 11) is 0. The molecule has 2 heterocycles. The minimum atomic E-state index is -0.644. The molecule has 2 N–H and O–H groups in total. The predicted molar refractivity (Wildman–Crippen MR) is 65.6 cm³/mol. The number of aliphatic hydroxyl groups is 1. The van der Waals surface area contributed by atoms with Crippen molar-refractivity contribution in [3.8, 4) is 0 Å². The van der Waals surface area contributed by atoms with E-state index in [1.54, 1.807) is 23.6 Å². The van der Waals surface area contributed by atoms with E-state index in [0.29, 0.717) is 24.1 Å². The van der Waals surface area contributed by atoms with E-state index in [4.69, 9.17) is 0 Å². The number of piperidine rings is 1. The molecule has 2 aliphatic rings. The number of nitrogens with one attached hydrogen (secondary N) is 1. The topological polar surface area (TPSA) is 52.6 Å². The van der Waals surface area contributed by atoms with Gasteiger partial charge in [0.15, 0.2) is 0 Å². The van der Waals surface area contributed by atoms with Crippen LogP contribution in [0.15, 0.2) is 0 Å². The van der Waals surface area contributed by atoms with Crippen LogP contribution >= 0.6 is 11.8 Å². The van der Waals surface area contributed by atoms with Gasteiger partial charge in [-0.3, -0.25) is 4.79 Å². The van der Waals surface area contributed by atoms with E-state index < -0.39 is 5.60 Å². The molecular weight excluding hydrogens is 224 g/mol. The van der Waals surface area contributed by atoms with Gasteiger partial charge in [-0.25, -0.2) is 0 Å². The zero-order valence-electron chi connectivity index (χ0n) is 9.74. The van der Waals surface area contributed by atoms with Crippen LogP contribution < -0.4 is 5.32 Å². The number of nitrogens with zero attached hydrogens (tertiary/aromatic N) is 1. The fourth-order valence-electron chi connectivity index (χ4n) is 2.19. The molecule has 16 heavy (non-hydrogen) atoms. The quantitative estimate of drug-likeness (QED) is 0.737. The zero-order chi connectivity index (χ0) is 11.6. The van der Waals surface area contributed by atoms with Crippen molar-refractivity contribution in [1.82, 2.24) is 10.2 Å². The normalized spacial score (nSPS) is 25.2. The first-order valence-corrected chi connectivity index (χ1v) is 6.94. The molecule has 2 rings (SSSR count). The molecule has 2 saturated heterocycles. The smallest absolute Gasteiger partial charge is 0.232 e. The van der Waals surface area contributed by atoms with Gasteiger partial charge in [0.1, 0.15) is 0 Å². The van der Waals surface area contributed by atoms with Crippen LogP contribution in [0.5, 0.6) is 0 Å². The van der Waals surface area contributed by atoms with E-state index in [-0.39, 0.29) is 5.91 Å². The third kappa shape index (κ3) is 3.12. The maximum Gasteiger partial charge on any atom is 0.232 e. The molecule has 0 bridgehead atoms. The fourth-order valence-corrected chi connectivity index (χ4v) is 3.32. The molecule has 1 amide bonds. The second-order valence-corrected chi connectivity index (χ2v) is 6.30. The first-order chi connectivity index (χ1) is 7.57. The highest BCUT2D eigenvalue weighted by molar-refractivity contribution is 8.00. The van der Waals surface area contributed by atoms with Crippen LogP contribution in [-0.4, -0.2) is 58.7 Å². The summed E-state index contributed by atoms with van der Waals surface area (Å²) in [5.74, 6) is 0.746. The second kappa shape index (κ2) is 4.94. The molecule has 0 aromatic carbocycles. The summed E-state index contributed by atoms with van der Waals surface area (Å²) in [4.78, 5) is 13.5. The number of amides is 1. The van der Waals surface area contributed by atoms with Crippen LogP contribution in [0.25, 0.3) is 0 Å². The molecule has 4 nitrogen and oxygen atoms in total. The van der Waals surface area contributed by atoms with Crippen LogP contribution in [0.1, 0.15) is 19.8 Å². The SMILES string of the molecule is CC1(O)CN(C(=O)CSC2CCNCC2)C1. The highest BCUT2D eigenvalue weighted by Gasteiger charge is 2.39. The Balaban J connectivity index is 1.64. The molecule has 0 atom stereocenters. The van der Waals surface area contributed by atoms with Crippen molar-refractivity contribution in [1.29, 1.82) is 0 Å². The number of β-amino-alcohol motifs (C(OH)–C–C–N with tert-alkyl or cyclic N) is 1. The lowest BCUT2D eigenvalue weighted by atomic mass is 9.97. The van der Waals surface area contributed by atoms with Crippen molar-refractivity contribution in [2.24, 2.45) is 0 Å². The van der Waals surface area contributed by atoms with Crippen molar-refractivity contribution in [2.75, 3.05) is 31.9 Å². The highest BCUT2D eigenvalue weighted by Crippen LogP contribution is 2.24. The Morgan fingerprint density at radius 2 is 2.12 bits per heavy atom. The number of hydrogen-bond donors (Lipinski definition) is 2. The number of hydrogen-bond acceptors (Lipinski definition) is 4. The Hall–Kier alpha value is -0.260. The van der Waals surface area contributed by atoms with Gasteiger partial charge in [0.25, 0.3) is 0 Å². The molecule has 2 fully saturated rings. The summed E-state index contributed by atoms with van der Waals surface area (Å²) in [5.41, 5.74) is -0.644. The Bertz CT molecular complexity index is 257.